The molecule has 0 aromatic heterocycles. The molecule has 2 unspecified atom stereocenters. The number of hydrogen-bond acceptors (Lipinski definition) is 4. The van der Waals surface area contributed by atoms with Crippen molar-refractivity contribution in [1.29, 1.82) is 0 Å². The van der Waals surface area contributed by atoms with E-state index in [4.69, 9.17) is 9.84 Å². The Morgan fingerprint density at radius 3 is 2.75 bits per heavy atom. The van der Waals surface area contributed by atoms with Crippen LogP contribution >= 0.6 is 0 Å². The first-order valence-corrected chi connectivity index (χ1v) is 7.48. The molecule has 108 valence electrons. The summed E-state index contributed by atoms with van der Waals surface area (Å²) in [5, 5.41) is 8.87. The first-order valence-electron chi connectivity index (χ1n) is 6.00. The SMILES string of the molecule is COc1cccc(S(=O)(=O)NC2C=CC(C(=O)O)C2)c1. The number of nitrogens with one attached hydrogen (secondary N) is 1. The number of methoxy groups -OCH3 is 1. The fourth-order valence-corrected chi connectivity index (χ4v) is 3.24. The second-order valence-corrected chi connectivity index (χ2v) is 6.19. The average molecular weight is 297 g/mol. The summed E-state index contributed by atoms with van der Waals surface area (Å²) in [6.45, 7) is 0. The molecule has 0 amide bonds. The molecule has 0 saturated heterocycles. The van der Waals surface area contributed by atoms with E-state index in [1.54, 1.807) is 18.2 Å². The molecule has 0 aliphatic heterocycles. The predicted molar refractivity (Wildman–Crippen MR) is 72.0 cm³/mol. The Labute approximate surface area is 117 Å². The van der Waals surface area contributed by atoms with Crippen LogP contribution in [0.4, 0.5) is 0 Å². The van der Waals surface area contributed by atoms with Crippen molar-refractivity contribution >= 4 is 16.0 Å². The van der Waals surface area contributed by atoms with Crippen LogP contribution in [-0.2, 0) is 14.8 Å². The van der Waals surface area contributed by atoms with Crippen LogP contribution in [0.2, 0.25) is 0 Å². The van der Waals surface area contributed by atoms with Crippen LogP contribution < -0.4 is 9.46 Å². The lowest BCUT2D eigenvalue weighted by Crippen LogP contribution is -2.33. The summed E-state index contributed by atoms with van der Waals surface area (Å²) in [6.07, 6.45) is 3.29. The molecular weight excluding hydrogens is 282 g/mol. The molecule has 0 bridgehead atoms. The number of benzene rings is 1. The first-order chi connectivity index (χ1) is 9.42. The highest BCUT2D eigenvalue weighted by atomic mass is 32.2. The van der Waals surface area contributed by atoms with E-state index in [9.17, 15) is 13.2 Å². The average Bonchev–Trinajstić information content (AvgIpc) is 2.87. The van der Waals surface area contributed by atoms with Crippen molar-refractivity contribution < 1.29 is 23.1 Å². The third kappa shape index (κ3) is 3.17. The van der Waals surface area contributed by atoms with Gasteiger partial charge in [0.1, 0.15) is 5.75 Å². The van der Waals surface area contributed by atoms with Crippen LogP contribution in [-0.4, -0.2) is 32.6 Å². The van der Waals surface area contributed by atoms with Gasteiger partial charge in [-0.1, -0.05) is 18.2 Å². The summed E-state index contributed by atoms with van der Waals surface area (Å²) in [5.41, 5.74) is 0. The van der Waals surface area contributed by atoms with Crippen LogP contribution in [0.25, 0.3) is 0 Å². The number of aliphatic carboxylic acids is 1. The molecule has 1 aliphatic rings. The Morgan fingerprint density at radius 1 is 1.40 bits per heavy atom. The Bertz CT molecular complexity index is 638. The third-order valence-electron chi connectivity index (χ3n) is 3.06. The van der Waals surface area contributed by atoms with E-state index in [0.29, 0.717) is 5.75 Å². The summed E-state index contributed by atoms with van der Waals surface area (Å²) in [7, 11) is -2.24. The highest BCUT2D eigenvalue weighted by Crippen LogP contribution is 2.21. The van der Waals surface area contributed by atoms with Crippen LogP contribution in [0, 0.1) is 5.92 Å². The molecule has 2 N–H and O–H groups in total. The number of rotatable bonds is 5. The van der Waals surface area contributed by atoms with E-state index in [1.807, 2.05) is 0 Å². The van der Waals surface area contributed by atoms with Crippen molar-refractivity contribution in [2.45, 2.75) is 17.4 Å². The van der Waals surface area contributed by atoms with Crippen LogP contribution in [0.1, 0.15) is 6.42 Å². The largest absolute Gasteiger partial charge is 0.497 e. The zero-order valence-electron chi connectivity index (χ0n) is 10.8. The minimum Gasteiger partial charge on any atom is -0.497 e. The molecule has 1 aromatic carbocycles. The lowest BCUT2D eigenvalue weighted by molar-refractivity contribution is -0.140. The topological polar surface area (TPSA) is 92.7 Å². The molecule has 0 spiro atoms. The van der Waals surface area contributed by atoms with Gasteiger partial charge in [-0.25, -0.2) is 13.1 Å². The van der Waals surface area contributed by atoms with Gasteiger partial charge in [-0.05, 0) is 18.6 Å². The Morgan fingerprint density at radius 2 is 2.15 bits per heavy atom. The van der Waals surface area contributed by atoms with E-state index < -0.39 is 28.0 Å². The second-order valence-electron chi connectivity index (χ2n) is 4.47. The van der Waals surface area contributed by atoms with Crippen molar-refractivity contribution in [3.8, 4) is 5.75 Å². The van der Waals surface area contributed by atoms with Gasteiger partial charge in [0.05, 0.1) is 17.9 Å². The maximum Gasteiger partial charge on any atom is 0.310 e. The quantitative estimate of drug-likeness (QED) is 0.791. The molecule has 0 radical (unpaired) electrons. The van der Waals surface area contributed by atoms with E-state index in [0.717, 1.165) is 0 Å². The zero-order chi connectivity index (χ0) is 14.8. The maximum absolute atomic E-state index is 12.2. The predicted octanol–water partition coefficient (Wildman–Crippen LogP) is 1.00. The standard InChI is InChI=1S/C13H15NO5S/c1-19-11-3-2-4-12(8-11)20(17,18)14-10-6-5-9(7-10)13(15)16/h2-6,8-10,14H,7H2,1H3,(H,15,16). The number of carbonyl (C=O) groups is 1. The molecule has 2 atom stereocenters. The summed E-state index contributed by atoms with van der Waals surface area (Å²) in [4.78, 5) is 10.9. The summed E-state index contributed by atoms with van der Waals surface area (Å²) in [5.74, 6) is -1.16. The van der Waals surface area contributed by atoms with Crippen molar-refractivity contribution in [3.05, 3.63) is 36.4 Å². The Hall–Kier alpha value is -1.86. The fourth-order valence-electron chi connectivity index (χ4n) is 2.01. The van der Waals surface area contributed by atoms with E-state index in [1.165, 1.54) is 25.3 Å². The van der Waals surface area contributed by atoms with Crippen molar-refractivity contribution in [1.82, 2.24) is 4.72 Å². The molecule has 1 aliphatic carbocycles. The van der Waals surface area contributed by atoms with Gasteiger partial charge in [-0.3, -0.25) is 4.79 Å². The van der Waals surface area contributed by atoms with Gasteiger partial charge in [-0.2, -0.15) is 0 Å². The summed E-state index contributed by atoms with van der Waals surface area (Å²) >= 11 is 0. The third-order valence-corrected chi connectivity index (χ3v) is 4.55. The number of carboxylic acid groups (broad SMARTS) is 1. The minimum atomic E-state index is -3.70. The molecule has 0 fully saturated rings. The van der Waals surface area contributed by atoms with Crippen molar-refractivity contribution in [2.24, 2.45) is 5.92 Å². The molecular formula is C13H15NO5S. The molecule has 0 saturated carbocycles. The minimum absolute atomic E-state index is 0.0871. The monoisotopic (exact) mass is 297 g/mol. The summed E-state index contributed by atoms with van der Waals surface area (Å²) in [6, 6.07) is 5.59. The van der Waals surface area contributed by atoms with E-state index in [-0.39, 0.29) is 11.3 Å². The summed E-state index contributed by atoms with van der Waals surface area (Å²) < 4.78 is 31.8. The van der Waals surface area contributed by atoms with Gasteiger partial charge in [0.15, 0.2) is 0 Å². The van der Waals surface area contributed by atoms with E-state index >= 15 is 0 Å². The van der Waals surface area contributed by atoms with Gasteiger partial charge in [-0.15, -0.1) is 0 Å². The molecule has 20 heavy (non-hydrogen) atoms. The number of ether oxygens (including phenoxy) is 1. The van der Waals surface area contributed by atoms with Gasteiger partial charge in [0.2, 0.25) is 10.0 Å². The number of sulfonamides is 1. The van der Waals surface area contributed by atoms with Gasteiger partial charge in [0.25, 0.3) is 0 Å². The number of hydrogen-bond donors (Lipinski definition) is 2. The lowest BCUT2D eigenvalue weighted by atomic mass is 10.1. The van der Waals surface area contributed by atoms with Crippen LogP contribution in [0.3, 0.4) is 0 Å². The van der Waals surface area contributed by atoms with Crippen molar-refractivity contribution in [2.75, 3.05) is 7.11 Å². The Kier molecular flexibility index (Phi) is 4.10. The first kappa shape index (κ1) is 14.5. The van der Waals surface area contributed by atoms with Gasteiger partial charge >= 0.3 is 5.97 Å². The molecule has 1 aromatic rings. The number of carboxylic acids is 1. The van der Waals surface area contributed by atoms with Gasteiger partial charge < -0.3 is 9.84 Å². The highest BCUT2D eigenvalue weighted by Gasteiger charge is 2.28. The van der Waals surface area contributed by atoms with Gasteiger partial charge in [0, 0.05) is 12.1 Å². The second kappa shape index (κ2) is 5.64. The molecule has 0 heterocycles. The molecule has 7 heteroatoms. The Balaban J connectivity index is 2.12. The van der Waals surface area contributed by atoms with Crippen LogP contribution in [0.15, 0.2) is 41.3 Å². The molecule has 6 nitrogen and oxygen atoms in total. The van der Waals surface area contributed by atoms with E-state index in [2.05, 4.69) is 4.72 Å². The zero-order valence-corrected chi connectivity index (χ0v) is 11.6. The highest BCUT2D eigenvalue weighted by molar-refractivity contribution is 7.89. The van der Waals surface area contributed by atoms with Crippen LogP contribution in [0.5, 0.6) is 5.75 Å². The normalized spacial score (nSPS) is 21.9. The fraction of sp³-hybridized carbons (Fsp3) is 0.308. The van der Waals surface area contributed by atoms with Crippen molar-refractivity contribution in [3.63, 3.8) is 0 Å². The smallest absolute Gasteiger partial charge is 0.310 e. The maximum atomic E-state index is 12.2. The lowest BCUT2D eigenvalue weighted by Gasteiger charge is -2.13. The molecule has 2 rings (SSSR count).